The molecule has 142 valence electrons. The number of aromatic nitrogens is 2. The molecule has 0 saturated heterocycles. The number of aryl methyl sites for hydroxylation is 2. The number of hydrogen-bond acceptors (Lipinski definition) is 2. The minimum atomic E-state index is 1.05. The topological polar surface area (TPSA) is 25.4 Å². The summed E-state index contributed by atoms with van der Waals surface area (Å²) in [6.07, 6.45) is 5.99. The second-order valence-corrected chi connectivity index (χ2v) is 7.24. The third-order valence-electron chi connectivity index (χ3n) is 5.30. The van der Waals surface area contributed by atoms with Crippen LogP contribution < -0.4 is 19.1 Å². The van der Waals surface area contributed by atoms with E-state index in [0.29, 0.717) is 0 Å². The van der Waals surface area contributed by atoms with E-state index in [1.807, 2.05) is 24.7 Å². The monoisotopic (exact) mass is 378 g/mol. The second-order valence-electron chi connectivity index (χ2n) is 7.24. The van der Waals surface area contributed by atoms with Gasteiger partial charge in [0.25, 0.3) is 6.33 Å². The number of aliphatic imine (C=N–C) groups is 1. The van der Waals surface area contributed by atoms with Crippen molar-refractivity contribution in [1.82, 2.24) is 0 Å². The molecule has 5 rings (SSSR count). The van der Waals surface area contributed by atoms with Crippen molar-refractivity contribution in [3.05, 3.63) is 107 Å². The third kappa shape index (κ3) is 2.90. The number of rotatable bonds is 2. The maximum atomic E-state index is 4.59. The van der Waals surface area contributed by atoms with Crippen molar-refractivity contribution >= 4 is 24.0 Å². The molecule has 0 unspecified atom stereocenters. The van der Waals surface area contributed by atoms with Crippen LogP contribution in [0.4, 0.5) is 11.5 Å². The van der Waals surface area contributed by atoms with Crippen molar-refractivity contribution in [2.75, 3.05) is 4.90 Å². The van der Waals surface area contributed by atoms with Crippen molar-refractivity contribution in [1.29, 1.82) is 0 Å². The molecule has 0 saturated carbocycles. The zero-order valence-corrected chi connectivity index (χ0v) is 16.5. The first-order chi connectivity index (χ1) is 14.2. The van der Waals surface area contributed by atoms with Gasteiger partial charge in [-0.15, -0.1) is 12.1 Å². The summed E-state index contributed by atoms with van der Waals surface area (Å²) in [5.74, 6) is 1.08. The summed E-state index contributed by atoms with van der Waals surface area (Å²) in [6, 6.07) is 27.2. The van der Waals surface area contributed by atoms with Crippen molar-refractivity contribution < 1.29 is 8.81 Å². The van der Waals surface area contributed by atoms with Gasteiger partial charge in [0.15, 0.2) is 12.0 Å². The van der Waals surface area contributed by atoms with Crippen LogP contribution in [-0.2, 0) is 0 Å². The molecule has 0 bridgehead atoms. The highest BCUT2D eigenvalue weighted by Crippen LogP contribution is 2.27. The van der Waals surface area contributed by atoms with Gasteiger partial charge in [0.2, 0.25) is 5.35 Å². The Hall–Kier alpha value is -3.79. The van der Waals surface area contributed by atoms with E-state index in [-0.39, 0.29) is 0 Å². The van der Waals surface area contributed by atoms with Crippen LogP contribution in [-0.4, -0.2) is 6.34 Å². The number of fused-ring (bicyclic) bond motifs is 1. The van der Waals surface area contributed by atoms with E-state index < -0.39 is 0 Å². The van der Waals surface area contributed by atoms with Crippen molar-refractivity contribution in [3.63, 3.8) is 0 Å². The highest BCUT2D eigenvalue weighted by atomic mass is 15.3. The van der Waals surface area contributed by atoms with E-state index in [1.165, 1.54) is 16.8 Å². The van der Waals surface area contributed by atoms with E-state index in [1.54, 1.807) is 0 Å². The first-order valence-corrected chi connectivity index (χ1v) is 9.74. The molecule has 1 aliphatic heterocycles. The highest BCUT2D eigenvalue weighted by molar-refractivity contribution is 5.91. The van der Waals surface area contributed by atoms with Gasteiger partial charge in [-0.1, -0.05) is 36.4 Å². The number of para-hydroxylation sites is 3. The normalized spacial score (nSPS) is 12.6. The average molecular weight is 378 g/mol. The Labute approximate surface area is 169 Å². The summed E-state index contributed by atoms with van der Waals surface area (Å²) in [6.45, 7) is 4.30. The average Bonchev–Trinajstić information content (AvgIpc) is 3.15. The van der Waals surface area contributed by atoms with Crippen molar-refractivity contribution in [2.24, 2.45) is 4.99 Å². The molecule has 3 aromatic carbocycles. The first-order valence-electron chi connectivity index (χ1n) is 9.74. The summed E-state index contributed by atoms with van der Waals surface area (Å²) in [5.41, 5.74) is 4.71. The Morgan fingerprint density at radius 1 is 0.897 bits per heavy atom. The lowest BCUT2D eigenvalue weighted by atomic mass is 10.1. The Kier molecular flexibility index (Phi) is 4.17. The maximum Gasteiger partial charge on any atom is 0.336 e. The number of imidazole rings is 1. The van der Waals surface area contributed by atoms with Gasteiger partial charge >= 0.3 is 5.82 Å². The van der Waals surface area contributed by atoms with Crippen LogP contribution in [0.5, 0.6) is 0 Å². The molecule has 1 aromatic heterocycles. The number of anilines is 2. The van der Waals surface area contributed by atoms with E-state index in [9.17, 15) is 0 Å². The molecule has 0 fully saturated rings. The molecule has 1 aliphatic rings. The van der Waals surface area contributed by atoms with E-state index in [4.69, 9.17) is 0 Å². The lowest BCUT2D eigenvalue weighted by Crippen LogP contribution is -2.46. The quantitative estimate of drug-likeness (QED) is 0.388. The lowest BCUT2D eigenvalue weighted by Gasteiger charge is -2.18. The minimum absolute atomic E-state index is 1.05. The largest absolute Gasteiger partial charge is 0.336 e. The third-order valence-corrected chi connectivity index (χ3v) is 5.30. The van der Waals surface area contributed by atoms with Gasteiger partial charge in [-0.3, -0.25) is 4.99 Å². The Morgan fingerprint density at radius 3 is 2.34 bits per heavy atom. The molecule has 0 atom stereocenters. The fourth-order valence-corrected chi connectivity index (χ4v) is 3.97. The predicted molar refractivity (Wildman–Crippen MR) is 115 cm³/mol. The zero-order valence-electron chi connectivity index (χ0n) is 16.5. The molecule has 2 heterocycles. The van der Waals surface area contributed by atoms with Gasteiger partial charge in [-0.2, -0.15) is 22.8 Å². The van der Waals surface area contributed by atoms with Crippen LogP contribution in [0.2, 0.25) is 0 Å². The van der Waals surface area contributed by atoms with E-state index >= 15 is 0 Å². The van der Waals surface area contributed by atoms with Gasteiger partial charge in [0.05, 0.1) is 0 Å². The molecule has 4 aromatic rings. The van der Waals surface area contributed by atoms with E-state index in [2.05, 4.69) is 106 Å². The standard InChI is InChI=1S/C25H22N4/c1-19-10-9-11-20(2)24(19)27-17-26-16-23-25(27)29(22-14-7-4-8-15-22)18-28(23)21-12-5-3-6-13-21/h3-18H,1-2H3. The van der Waals surface area contributed by atoms with E-state index in [0.717, 1.165) is 22.2 Å². The summed E-state index contributed by atoms with van der Waals surface area (Å²) in [7, 11) is 0. The van der Waals surface area contributed by atoms with Gasteiger partial charge in [-0.25, -0.2) is 9.14 Å². The second kappa shape index (κ2) is 6.99. The van der Waals surface area contributed by atoms with Crippen LogP contribution in [0.3, 0.4) is 0 Å². The Bertz CT molecular complexity index is 1340. The summed E-state index contributed by atoms with van der Waals surface area (Å²) < 4.78 is 4.43. The highest BCUT2D eigenvalue weighted by Gasteiger charge is 2.29. The molecule has 0 spiro atoms. The Balaban J connectivity index is 1.91. The molecule has 0 radical (unpaired) electrons. The van der Waals surface area contributed by atoms with Gasteiger partial charge in [-0.05, 0) is 37.1 Å². The smallest absolute Gasteiger partial charge is 0.277 e. The zero-order chi connectivity index (χ0) is 19.8. The molecule has 4 heteroatoms. The number of hydrogen-bond donors (Lipinski definition) is 0. The predicted octanol–water partition coefficient (Wildman–Crippen LogP) is 3.30. The molecule has 0 amide bonds. The summed E-state index contributed by atoms with van der Waals surface area (Å²) in [4.78, 5) is 6.79. The Morgan fingerprint density at radius 2 is 1.62 bits per heavy atom. The van der Waals surface area contributed by atoms with Crippen molar-refractivity contribution in [2.45, 2.75) is 13.8 Å². The number of benzene rings is 3. The van der Waals surface area contributed by atoms with Crippen LogP contribution in [0, 0.1) is 19.2 Å². The molecular formula is C25H22N4. The fraction of sp³-hybridized carbons (Fsp3) is 0.0800. The maximum absolute atomic E-state index is 4.59. The molecule has 4 nitrogen and oxygen atoms in total. The number of nitrogens with zero attached hydrogens (tertiary/aromatic N) is 4. The SMILES string of the molecule is Cc1cccc(C)c1N1C=NC=c2[c-]1[n+](=c1cc[cH-]cc1)c[n+]2-c1ccccc1. The van der Waals surface area contributed by atoms with Crippen LogP contribution >= 0.6 is 0 Å². The van der Waals surface area contributed by atoms with Gasteiger partial charge in [0.1, 0.15) is 5.69 Å². The molecule has 0 N–H and O–H groups in total. The lowest BCUT2D eigenvalue weighted by molar-refractivity contribution is -0.671. The summed E-state index contributed by atoms with van der Waals surface area (Å²) in [5, 5.41) is 2.16. The van der Waals surface area contributed by atoms with Crippen LogP contribution in [0.1, 0.15) is 11.1 Å². The summed E-state index contributed by atoms with van der Waals surface area (Å²) >= 11 is 0. The molecular weight excluding hydrogens is 356 g/mol. The first kappa shape index (κ1) is 17.3. The minimum Gasteiger partial charge on any atom is -0.277 e. The van der Waals surface area contributed by atoms with Crippen LogP contribution in [0.25, 0.3) is 11.9 Å². The molecule has 0 aliphatic carbocycles. The van der Waals surface area contributed by atoms with Gasteiger partial charge < -0.3 is 0 Å². The van der Waals surface area contributed by atoms with Crippen LogP contribution in [0.15, 0.2) is 90.2 Å². The van der Waals surface area contributed by atoms with Gasteiger partial charge in [0, 0.05) is 11.6 Å². The fourth-order valence-electron chi connectivity index (χ4n) is 3.97. The molecule has 29 heavy (non-hydrogen) atoms. The van der Waals surface area contributed by atoms with Crippen molar-refractivity contribution in [3.8, 4) is 5.69 Å².